The zero-order chi connectivity index (χ0) is 16.4. The fourth-order valence-electron chi connectivity index (χ4n) is 2.82. The van der Waals surface area contributed by atoms with Crippen LogP contribution in [0.2, 0.25) is 10.0 Å². The Kier molecular flexibility index (Phi) is 5.31. The average Bonchev–Trinajstić information content (AvgIpc) is 2.94. The molecule has 3 rings (SSSR count). The van der Waals surface area contributed by atoms with E-state index in [0.29, 0.717) is 28.1 Å². The Bertz CT molecular complexity index is 711. The van der Waals surface area contributed by atoms with E-state index >= 15 is 0 Å². The molecule has 2 heterocycles. The van der Waals surface area contributed by atoms with Gasteiger partial charge in [0.15, 0.2) is 5.78 Å². The number of hydrogen-bond acceptors (Lipinski definition) is 5. The summed E-state index contributed by atoms with van der Waals surface area (Å²) in [4.78, 5) is 14.6. The molecule has 1 aliphatic rings. The summed E-state index contributed by atoms with van der Waals surface area (Å²) in [6, 6.07) is 5.01. The van der Waals surface area contributed by atoms with Gasteiger partial charge in [0.25, 0.3) is 0 Å². The smallest absolute Gasteiger partial charge is 0.178 e. The molecule has 1 aliphatic heterocycles. The van der Waals surface area contributed by atoms with Crippen LogP contribution in [0.1, 0.15) is 39.1 Å². The number of benzene rings is 1. The maximum atomic E-state index is 12.4. The van der Waals surface area contributed by atoms with E-state index in [4.69, 9.17) is 23.2 Å². The molecule has 0 N–H and O–H groups in total. The van der Waals surface area contributed by atoms with Gasteiger partial charge in [0.1, 0.15) is 10.0 Å². The monoisotopic (exact) mass is 369 g/mol. The first-order valence-corrected chi connectivity index (χ1v) is 9.11. The highest BCUT2D eigenvalue weighted by Gasteiger charge is 2.25. The molecule has 0 saturated carbocycles. The predicted molar refractivity (Wildman–Crippen MR) is 93.9 cm³/mol. The lowest BCUT2D eigenvalue weighted by Crippen LogP contribution is -2.36. The lowest BCUT2D eigenvalue weighted by atomic mass is 9.97. The summed E-state index contributed by atoms with van der Waals surface area (Å²) in [5.41, 5.74) is 0.540. The Balaban J connectivity index is 1.57. The molecule has 1 fully saturated rings. The molecule has 1 aromatic heterocycles. The van der Waals surface area contributed by atoms with Gasteiger partial charge in [0, 0.05) is 16.5 Å². The van der Waals surface area contributed by atoms with Gasteiger partial charge in [-0.1, -0.05) is 23.2 Å². The van der Waals surface area contributed by atoms with E-state index in [1.54, 1.807) is 29.5 Å². The van der Waals surface area contributed by atoms with Gasteiger partial charge in [-0.15, -0.1) is 21.5 Å². The van der Waals surface area contributed by atoms with Crippen LogP contribution in [0.4, 0.5) is 0 Å². The Morgan fingerprint density at radius 1 is 1.30 bits per heavy atom. The number of Topliss-reactive ketones (excluding diaryl/α,β-unsaturated/α-hetero) is 1. The molecule has 23 heavy (non-hydrogen) atoms. The summed E-state index contributed by atoms with van der Waals surface area (Å²) in [7, 11) is 0. The first kappa shape index (κ1) is 16.8. The molecule has 4 nitrogen and oxygen atoms in total. The zero-order valence-electron chi connectivity index (χ0n) is 12.8. The van der Waals surface area contributed by atoms with Crippen molar-refractivity contribution in [3.8, 4) is 0 Å². The van der Waals surface area contributed by atoms with Crippen LogP contribution < -0.4 is 0 Å². The third kappa shape index (κ3) is 4.10. The number of aromatic nitrogens is 2. The molecule has 0 aliphatic carbocycles. The van der Waals surface area contributed by atoms with Gasteiger partial charge >= 0.3 is 0 Å². The highest BCUT2D eigenvalue weighted by atomic mass is 35.5. The zero-order valence-corrected chi connectivity index (χ0v) is 15.1. The van der Waals surface area contributed by atoms with Gasteiger partial charge in [0.05, 0.1) is 11.6 Å². The van der Waals surface area contributed by atoms with Crippen molar-refractivity contribution >= 4 is 40.3 Å². The number of hydrogen-bond donors (Lipinski definition) is 0. The van der Waals surface area contributed by atoms with E-state index in [2.05, 4.69) is 15.1 Å². The normalized spacial score (nSPS) is 16.7. The fraction of sp³-hybridized carbons (Fsp3) is 0.438. The van der Waals surface area contributed by atoms with Crippen molar-refractivity contribution in [3.63, 3.8) is 0 Å². The quantitative estimate of drug-likeness (QED) is 0.757. The van der Waals surface area contributed by atoms with Crippen molar-refractivity contribution in [2.75, 3.05) is 19.6 Å². The second kappa shape index (κ2) is 7.26. The lowest BCUT2D eigenvalue weighted by molar-refractivity contribution is 0.0909. The van der Waals surface area contributed by atoms with Gasteiger partial charge in [-0.3, -0.25) is 9.69 Å². The van der Waals surface area contributed by atoms with Crippen molar-refractivity contribution in [2.24, 2.45) is 0 Å². The third-order valence-electron chi connectivity index (χ3n) is 4.08. The van der Waals surface area contributed by atoms with E-state index in [1.807, 2.05) is 6.92 Å². The number of carbonyl (C=O) groups is 1. The minimum absolute atomic E-state index is 0.0388. The van der Waals surface area contributed by atoms with Crippen molar-refractivity contribution in [2.45, 2.75) is 25.7 Å². The molecule has 122 valence electrons. The molecule has 0 bridgehead atoms. The summed E-state index contributed by atoms with van der Waals surface area (Å²) >= 11 is 13.7. The molecule has 0 spiro atoms. The lowest BCUT2D eigenvalue weighted by Gasteiger charge is -2.30. The summed E-state index contributed by atoms with van der Waals surface area (Å²) < 4.78 is 0. The topological polar surface area (TPSA) is 46.1 Å². The number of likely N-dealkylation sites (tertiary alicyclic amines) is 1. The van der Waals surface area contributed by atoms with Crippen molar-refractivity contribution < 1.29 is 4.79 Å². The second-order valence-corrected chi connectivity index (χ2v) is 7.81. The average molecular weight is 370 g/mol. The minimum atomic E-state index is 0.0388. The highest BCUT2D eigenvalue weighted by molar-refractivity contribution is 7.11. The number of carbonyl (C=O) groups excluding carboxylic acids is 1. The van der Waals surface area contributed by atoms with Gasteiger partial charge in [-0.2, -0.15) is 0 Å². The molecule has 0 amide bonds. The van der Waals surface area contributed by atoms with Crippen molar-refractivity contribution in [3.05, 3.63) is 43.8 Å². The van der Waals surface area contributed by atoms with Gasteiger partial charge in [-0.25, -0.2) is 0 Å². The van der Waals surface area contributed by atoms with Crippen LogP contribution in [0.5, 0.6) is 0 Å². The molecule has 0 unspecified atom stereocenters. The van der Waals surface area contributed by atoms with E-state index in [-0.39, 0.29) is 5.78 Å². The summed E-state index contributed by atoms with van der Waals surface area (Å²) in [6.07, 6.45) is 2.02. The number of piperidine rings is 1. The predicted octanol–water partition coefficient (Wildman–Crippen LogP) is 4.22. The summed E-state index contributed by atoms with van der Waals surface area (Å²) in [5, 5.41) is 11.4. The van der Waals surface area contributed by atoms with E-state index in [9.17, 15) is 4.79 Å². The maximum Gasteiger partial charge on any atom is 0.178 e. The molecular weight excluding hydrogens is 353 g/mol. The van der Waals surface area contributed by atoms with Gasteiger partial charge < -0.3 is 0 Å². The first-order valence-electron chi connectivity index (χ1n) is 7.53. The maximum absolute atomic E-state index is 12.4. The highest BCUT2D eigenvalue weighted by Crippen LogP contribution is 2.30. The second-order valence-electron chi connectivity index (χ2n) is 5.76. The number of aryl methyl sites for hydroxylation is 1. The van der Waals surface area contributed by atoms with Crippen LogP contribution in [0, 0.1) is 6.92 Å². The van der Waals surface area contributed by atoms with Crippen molar-refractivity contribution in [1.29, 1.82) is 0 Å². The Hall–Kier alpha value is -1.01. The molecule has 0 radical (unpaired) electrons. The molecular formula is C16H17Cl2N3OS. The standard InChI is InChI=1S/C16H17Cl2N3OS/c1-10-19-20-16(23-10)11-4-6-21(7-5-11)9-15(22)13-3-2-12(17)8-14(13)18/h2-3,8,11H,4-7,9H2,1H3. The number of ketones is 1. The summed E-state index contributed by atoms with van der Waals surface area (Å²) in [5.74, 6) is 0.503. The summed E-state index contributed by atoms with van der Waals surface area (Å²) in [6.45, 7) is 4.15. The van der Waals surface area contributed by atoms with E-state index in [1.165, 1.54) is 0 Å². The third-order valence-corrected chi connectivity index (χ3v) is 5.63. The van der Waals surface area contributed by atoms with Gasteiger partial charge in [-0.05, 0) is 51.1 Å². The van der Waals surface area contributed by atoms with Crippen molar-refractivity contribution in [1.82, 2.24) is 15.1 Å². The van der Waals surface area contributed by atoms with E-state index < -0.39 is 0 Å². The van der Waals surface area contributed by atoms with Crippen LogP contribution in [0.3, 0.4) is 0 Å². The Labute approximate surface area is 149 Å². The Morgan fingerprint density at radius 3 is 2.65 bits per heavy atom. The van der Waals surface area contributed by atoms with Crippen LogP contribution >= 0.6 is 34.5 Å². The van der Waals surface area contributed by atoms with Crippen LogP contribution in [-0.2, 0) is 0 Å². The van der Waals surface area contributed by atoms with Crippen LogP contribution in [-0.4, -0.2) is 40.5 Å². The minimum Gasteiger partial charge on any atom is -0.296 e. The molecule has 2 aromatic rings. The molecule has 0 atom stereocenters. The number of rotatable bonds is 4. The molecule has 7 heteroatoms. The van der Waals surface area contributed by atoms with Gasteiger partial charge in [0.2, 0.25) is 0 Å². The Morgan fingerprint density at radius 2 is 2.04 bits per heavy atom. The number of nitrogens with zero attached hydrogens (tertiary/aromatic N) is 3. The SMILES string of the molecule is Cc1nnc(C2CCN(CC(=O)c3ccc(Cl)cc3Cl)CC2)s1. The fourth-order valence-corrected chi connectivity index (χ4v) is 4.20. The largest absolute Gasteiger partial charge is 0.296 e. The molecule has 1 saturated heterocycles. The van der Waals surface area contributed by atoms with E-state index in [0.717, 1.165) is 35.9 Å². The van der Waals surface area contributed by atoms with Crippen LogP contribution in [0.15, 0.2) is 18.2 Å². The van der Waals surface area contributed by atoms with Crippen LogP contribution in [0.25, 0.3) is 0 Å². The number of halogens is 2. The molecule has 1 aromatic carbocycles. The first-order chi connectivity index (χ1) is 11.0.